The molecule has 104 valence electrons. The average molecular weight is 286 g/mol. The van der Waals surface area contributed by atoms with Crippen LogP contribution in [0.25, 0.3) is 0 Å². The van der Waals surface area contributed by atoms with Crippen molar-refractivity contribution in [3.63, 3.8) is 0 Å². The Kier molecular flexibility index (Phi) is 5.73. The van der Waals surface area contributed by atoms with E-state index in [0.717, 1.165) is 12.1 Å². The molecule has 0 aromatic heterocycles. The zero-order valence-electron chi connectivity index (χ0n) is 10.8. The van der Waals surface area contributed by atoms with E-state index in [0.29, 0.717) is 5.75 Å². The second-order valence-corrected chi connectivity index (χ2v) is 5.43. The molecule has 1 atom stereocenters. The van der Waals surface area contributed by atoms with Crippen molar-refractivity contribution in [1.82, 2.24) is 5.32 Å². The lowest BCUT2D eigenvalue weighted by atomic mass is 10.1. The van der Waals surface area contributed by atoms with E-state index in [1.54, 1.807) is 13.0 Å². The maximum absolute atomic E-state index is 13.6. The summed E-state index contributed by atoms with van der Waals surface area (Å²) in [5, 5.41) is 21.3. The molecule has 19 heavy (non-hydrogen) atoms. The first-order valence-electron chi connectivity index (χ1n) is 5.69. The second kappa shape index (κ2) is 6.85. The van der Waals surface area contributed by atoms with Gasteiger partial charge in [0.2, 0.25) is 0 Å². The van der Waals surface area contributed by atoms with Gasteiger partial charge < -0.3 is 10.4 Å². The van der Waals surface area contributed by atoms with Crippen LogP contribution in [0.2, 0.25) is 0 Å². The Hall–Kier alpha value is -1.16. The van der Waals surface area contributed by atoms with Gasteiger partial charge in [0.1, 0.15) is 11.6 Å². The molecule has 0 aliphatic carbocycles. The normalized spacial score (nSPS) is 13.9. The Labute approximate surface area is 115 Å². The van der Waals surface area contributed by atoms with Gasteiger partial charge in [-0.3, -0.25) is 0 Å². The molecule has 0 saturated carbocycles. The molecule has 3 nitrogen and oxygen atoms in total. The number of rotatable bonds is 6. The number of hydrogen-bond acceptors (Lipinski definition) is 4. The van der Waals surface area contributed by atoms with Gasteiger partial charge in [0.15, 0.2) is 0 Å². The maximum atomic E-state index is 13.6. The third-order valence-corrected chi connectivity index (χ3v) is 3.44. The lowest BCUT2D eigenvalue weighted by molar-refractivity contribution is 0.0844. The van der Waals surface area contributed by atoms with Crippen molar-refractivity contribution < 1.29 is 13.9 Å². The number of thioether (sulfide) groups is 1. The van der Waals surface area contributed by atoms with Crippen LogP contribution < -0.4 is 5.32 Å². The molecule has 0 bridgehead atoms. The summed E-state index contributed by atoms with van der Waals surface area (Å²) in [6, 6.07) is 3.69. The lowest BCUT2D eigenvalue weighted by Gasteiger charge is -2.22. The summed E-state index contributed by atoms with van der Waals surface area (Å²) in [7, 11) is 0. The summed E-state index contributed by atoms with van der Waals surface area (Å²) in [5.41, 5.74) is -1.11. The molecule has 0 amide bonds. The van der Waals surface area contributed by atoms with Gasteiger partial charge in [-0.25, -0.2) is 8.78 Å². The van der Waals surface area contributed by atoms with Gasteiger partial charge in [0.25, 0.3) is 0 Å². The molecule has 1 unspecified atom stereocenters. The Morgan fingerprint density at radius 2 is 2.00 bits per heavy atom. The highest BCUT2D eigenvalue weighted by Crippen LogP contribution is 2.15. The molecule has 6 heteroatoms. The monoisotopic (exact) mass is 286 g/mol. The first-order valence-corrected chi connectivity index (χ1v) is 7.09. The van der Waals surface area contributed by atoms with Crippen LogP contribution in [0.1, 0.15) is 18.1 Å². The third-order valence-electron chi connectivity index (χ3n) is 2.53. The van der Waals surface area contributed by atoms with Gasteiger partial charge in [-0.05, 0) is 25.3 Å². The molecule has 1 aromatic rings. The second-order valence-electron chi connectivity index (χ2n) is 4.56. The number of nitriles is 1. The molecular formula is C13H16F2N2OS. The predicted molar refractivity (Wildman–Crippen MR) is 71.8 cm³/mol. The zero-order chi connectivity index (χ0) is 14.5. The van der Waals surface area contributed by atoms with Gasteiger partial charge in [0.05, 0.1) is 17.2 Å². The SMILES string of the molecule is CSCC(C)(O)CNCc1c(F)cc(C#N)cc1F. The minimum absolute atomic E-state index is 0.0338. The highest BCUT2D eigenvalue weighted by Gasteiger charge is 2.19. The zero-order valence-corrected chi connectivity index (χ0v) is 11.7. The first-order chi connectivity index (χ1) is 8.89. The van der Waals surface area contributed by atoms with Crippen LogP contribution in [0.4, 0.5) is 8.78 Å². The number of nitrogens with zero attached hydrogens (tertiary/aromatic N) is 1. The van der Waals surface area contributed by atoms with E-state index in [1.807, 2.05) is 6.26 Å². The molecule has 0 aliphatic rings. The van der Waals surface area contributed by atoms with Crippen molar-refractivity contribution in [2.24, 2.45) is 0 Å². The summed E-state index contributed by atoms with van der Waals surface area (Å²) < 4.78 is 27.1. The summed E-state index contributed by atoms with van der Waals surface area (Å²) >= 11 is 1.49. The average Bonchev–Trinajstić information content (AvgIpc) is 2.32. The molecule has 0 heterocycles. The fourth-order valence-corrected chi connectivity index (χ4v) is 2.38. The minimum atomic E-state index is -0.932. The minimum Gasteiger partial charge on any atom is -0.388 e. The van der Waals surface area contributed by atoms with Gasteiger partial charge >= 0.3 is 0 Å². The maximum Gasteiger partial charge on any atom is 0.131 e. The Morgan fingerprint density at radius 3 is 2.47 bits per heavy atom. The van der Waals surface area contributed by atoms with Crippen molar-refractivity contribution >= 4 is 11.8 Å². The van der Waals surface area contributed by atoms with E-state index in [4.69, 9.17) is 5.26 Å². The van der Waals surface area contributed by atoms with E-state index in [1.165, 1.54) is 11.8 Å². The van der Waals surface area contributed by atoms with E-state index in [9.17, 15) is 13.9 Å². The lowest BCUT2D eigenvalue weighted by Crippen LogP contribution is -2.39. The third kappa shape index (κ3) is 4.78. The van der Waals surface area contributed by atoms with Gasteiger partial charge in [-0.2, -0.15) is 17.0 Å². The van der Waals surface area contributed by atoms with Gasteiger partial charge in [0, 0.05) is 24.4 Å². The molecular weight excluding hydrogens is 270 g/mol. The number of hydrogen-bond donors (Lipinski definition) is 2. The molecule has 0 saturated heterocycles. The van der Waals surface area contributed by atoms with Crippen LogP contribution >= 0.6 is 11.8 Å². The summed E-state index contributed by atoms with van der Waals surface area (Å²) in [6.07, 6.45) is 1.87. The smallest absolute Gasteiger partial charge is 0.131 e. The first kappa shape index (κ1) is 15.9. The molecule has 0 radical (unpaired) electrons. The molecule has 1 aromatic carbocycles. The van der Waals surface area contributed by atoms with Crippen molar-refractivity contribution in [2.45, 2.75) is 19.1 Å². The highest BCUT2D eigenvalue weighted by molar-refractivity contribution is 7.98. The van der Waals surface area contributed by atoms with E-state index >= 15 is 0 Å². The van der Waals surface area contributed by atoms with Crippen molar-refractivity contribution in [2.75, 3.05) is 18.6 Å². The van der Waals surface area contributed by atoms with E-state index < -0.39 is 17.2 Å². The van der Waals surface area contributed by atoms with Gasteiger partial charge in [-0.15, -0.1) is 0 Å². The number of halogens is 2. The van der Waals surface area contributed by atoms with Crippen LogP contribution in [-0.2, 0) is 6.54 Å². The molecule has 0 spiro atoms. The summed E-state index contributed by atoms with van der Waals surface area (Å²) in [6.45, 7) is 1.85. The van der Waals surface area contributed by atoms with Crippen LogP contribution in [0.15, 0.2) is 12.1 Å². The summed E-state index contributed by atoms with van der Waals surface area (Å²) in [5.74, 6) is -0.986. The van der Waals surface area contributed by atoms with Crippen LogP contribution in [0.3, 0.4) is 0 Å². The van der Waals surface area contributed by atoms with Crippen molar-refractivity contribution in [1.29, 1.82) is 5.26 Å². The fourth-order valence-electron chi connectivity index (χ4n) is 1.66. The Balaban J connectivity index is 2.67. The Morgan fingerprint density at radius 1 is 1.42 bits per heavy atom. The topological polar surface area (TPSA) is 56.0 Å². The molecule has 2 N–H and O–H groups in total. The van der Waals surface area contributed by atoms with E-state index in [2.05, 4.69) is 5.32 Å². The number of nitrogens with one attached hydrogen (secondary N) is 1. The van der Waals surface area contributed by atoms with Crippen LogP contribution in [0.5, 0.6) is 0 Å². The van der Waals surface area contributed by atoms with Crippen molar-refractivity contribution in [3.8, 4) is 6.07 Å². The van der Waals surface area contributed by atoms with Crippen LogP contribution in [0, 0.1) is 23.0 Å². The van der Waals surface area contributed by atoms with Gasteiger partial charge in [-0.1, -0.05) is 0 Å². The molecule has 0 fully saturated rings. The summed E-state index contributed by atoms with van der Waals surface area (Å²) in [4.78, 5) is 0. The van der Waals surface area contributed by atoms with E-state index in [-0.39, 0.29) is 24.2 Å². The standard InChI is InChI=1S/C13H16F2N2OS/c1-13(18,8-19-2)7-17-6-10-11(14)3-9(5-16)4-12(10)15/h3-4,17-18H,6-8H2,1-2H3. The largest absolute Gasteiger partial charge is 0.388 e. The fraction of sp³-hybridized carbons (Fsp3) is 0.462. The number of benzene rings is 1. The predicted octanol–water partition coefficient (Wildman–Crippen LogP) is 2.04. The molecule has 1 rings (SSSR count). The molecule has 0 aliphatic heterocycles. The van der Waals surface area contributed by atoms with Crippen LogP contribution in [-0.4, -0.2) is 29.3 Å². The quantitative estimate of drug-likeness (QED) is 0.840. The van der Waals surface area contributed by atoms with Crippen molar-refractivity contribution in [3.05, 3.63) is 34.9 Å². The highest BCUT2D eigenvalue weighted by atomic mass is 32.2. The Bertz CT molecular complexity index is 463. The number of aliphatic hydroxyl groups is 1.